The molecule has 0 saturated carbocycles. The number of rotatable bonds is 4. The molecule has 0 spiro atoms. The van der Waals surface area contributed by atoms with E-state index in [1.807, 2.05) is 38.6 Å². The van der Waals surface area contributed by atoms with Gasteiger partial charge in [0, 0.05) is 24.3 Å². The SMILES string of the molecule is Cc1ccc(OCCN(C)C)c2cnccc12. The summed E-state index contributed by atoms with van der Waals surface area (Å²) in [5.74, 6) is 0.917. The van der Waals surface area contributed by atoms with Crippen LogP contribution in [0.1, 0.15) is 5.56 Å². The third-order valence-corrected chi connectivity index (χ3v) is 2.79. The fourth-order valence-corrected chi connectivity index (χ4v) is 1.78. The Bertz CT molecular complexity index is 509. The zero-order chi connectivity index (χ0) is 12.3. The summed E-state index contributed by atoms with van der Waals surface area (Å²) in [6, 6.07) is 6.14. The zero-order valence-corrected chi connectivity index (χ0v) is 10.6. The van der Waals surface area contributed by atoms with E-state index in [1.165, 1.54) is 10.9 Å². The van der Waals surface area contributed by atoms with Gasteiger partial charge in [0.1, 0.15) is 12.4 Å². The van der Waals surface area contributed by atoms with Gasteiger partial charge in [-0.2, -0.15) is 0 Å². The second-order valence-electron chi connectivity index (χ2n) is 4.45. The van der Waals surface area contributed by atoms with Crippen LogP contribution in [0.3, 0.4) is 0 Å². The Hall–Kier alpha value is -1.61. The molecule has 0 amide bonds. The highest BCUT2D eigenvalue weighted by atomic mass is 16.5. The number of aryl methyl sites for hydroxylation is 1. The molecule has 1 heterocycles. The Morgan fingerprint density at radius 1 is 1.18 bits per heavy atom. The lowest BCUT2D eigenvalue weighted by Gasteiger charge is -2.13. The summed E-state index contributed by atoms with van der Waals surface area (Å²) in [4.78, 5) is 6.27. The molecule has 0 aliphatic rings. The molecule has 0 aliphatic carbocycles. The van der Waals surface area contributed by atoms with Gasteiger partial charge in [-0.05, 0) is 44.1 Å². The fourth-order valence-electron chi connectivity index (χ4n) is 1.78. The predicted molar refractivity (Wildman–Crippen MR) is 70.5 cm³/mol. The van der Waals surface area contributed by atoms with Crippen molar-refractivity contribution in [3.63, 3.8) is 0 Å². The van der Waals surface area contributed by atoms with Crippen molar-refractivity contribution in [3.05, 3.63) is 36.2 Å². The van der Waals surface area contributed by atoms with Crippen molar-refractivity contribution < 1.29 is 4.74 Å². The summed E-state index contributed by atoms with van der Waals surface area (Å²) in [6.07, 6.45) is 3.69. The van der Waals surface area contributed by atoms with E-state index in [2.05, 4.69) is 22.9 Å². The minimum absolute atomic E-state index is 0.694. The average Bonchev–Trinajstić information content (AvgIpc) is 2.32. The van der Waals surface area contributed by atoms with Crippen molar-refractivity contribution in [2.24, 2.45) is 0 Å². The van der Waals surface area contributed by atoms with Crippen LogP contribution in [0.4, 0.5) is 0 Å². The number of ether oxygens (including phenoxy) is 1. The van der Waals surface area contributed by atoms with Gasteiger partial charge in [-0.25, -0.2) is 0 Å². The summed E-state index contributed by atoms with van der Waals surface area (Å²) in [5, 5.41) is 2.30. The first kappa shape index (κ1) is 11.9. The van der Waals surface area contributed by atoms with E-state index in [-0.39, 0.29) is 0 Å². The van der Waals surface area contributed by atoms with Gasteiger partial charge in [0.05, 0.1) is 0 Å². The van der Waals surface area contributed by atoms with Gasteiger partial charge in [0.2, 0.25) is 0 Å². The summed E-state index contributed by atoms with van der Waals surface area (Å²) >= 11 is 0. The van der Waals surface area contributed by atoms with Crippen LogP contribution in [-0.2, 0) is 0 Å². The van der Waals surface area contributed by atoms with Crippen molar-refractivity contribution in [2.75, 3.05) is 27.2 Å². The van der Waals surface area contributed by atoms with Gasteiger partial charge in [-0.1, -0.05) is 6.07 Å². The van der Waals surface area contributed by atoms with Crippen LogP contribution in [0.5, 0.6) is 5.75 Å². The Labute approximate surface area is 102 Å². The van der Waals surface area contributed by atoms with E-state index in [4.69, 9.17) is 4.74 Å². The Kier molecular flexibility index (Phi) is 3.59. The second-order valence-corrected chi connectivity index (χ2v) is 4.45. The lowest BCUT2D eigenvalue weighted by Crippen LogP contribution is -2.19. The fraction of sp³-hybridized carbons (Fsp3) is 0.357. The maximum absolute atomic E-state index is 5.80. The maximum Gasteiger partial charge on any atom is 0.128 e. The molecule has 2 aromatic rings. The highest BCUT2D eigenvalue weighted by Crippen LogP contribution is 2.27. The van der Waals surface area contributed by atoms with Gasteiger partial charge in [-0.3, -0.25) is 4.98 Å². The molecule has 1 aromatic carbocycles. The van der Waals surface area contributed by atoms with Gasteiger partial charge in [0.15, 0.2) is 0 Å². The molecule has 0 bridgehead atoms. The lowest BCUT2D eigenvalue weighted by molar-refractivity contribution is 0.263. The van der Waals surface area contributed by atoms with Crippen molar-refractivity contribution in [3.8, 4) is 5.75 Å². The van der Waals surface area contributed by atoms with Crippen LogP contribution >= 0.6 is 0 Å². The molecule has 0 unspecified atom stereocenters. The maximum atomic E-state index is 5.80. The highest BCUT2D eigenvalue weighted by Gasteiger charge is 2.04. The van der Waals surface area contributed by atoms with Crippen molar-refractivity contribution in [1.82, 2.24) is 9.88 Å². The lowest BCUT2D eigenvalue weighted by atomic mass is 10.1. The van der Waals surface area contributed by atoms with Gasteiger partial charge in [0.25, 0.3) is 0 Å². The molecular formula is C14H18N2O. The van der Waals surface area contributed by atoms with Crippen LogP contribution in [-0.4, -0.2) is 37.1 Å². The van der Waals surface area contributed by atoms with Crippen LogP contribution in [0.15, 0.2) is 30.6 Å². The zero-order valence-electron chi connectivity index (χ0n) is 10.6. The minimum Gasteiger partial charge on any atom is -0.492 e. The van der Waals surface area contributed by atoms with E-state index >= 15 is 0 Å². The minimum atomic E-state index is 0.694. The number of nitrogens with zero attached hydrogens (tertiary/aromatic N) is 2. The molecule has 17 heavy (non-hydrogen) atoms. The molecule has 3 nitrogen and oxygen atoms in total. The third kappa shape index (κ3) is 2.74. The number of hydrogen-bond donors (Lipinski definition) is 0. The molecule has 0 atom stereocenters. The quantitative estimate of drug-likeness (QED) is 0.807. The molecule has 3 heteroatoms. The molecular weight excluding hydrogens is 212 g/mol. The van der Waals surface area contributed by atoms with E-state index in [1.54, 1.807) is 0 Å². The molecule has 0 saturated heterocycles. The largest absolute Gasteiger partial charge is 0.492 e. The Morgan fingerprint density at radius 2 is 2.00 bits per heavy atom. The normalized spacial score (nSPS) is 11.1. The smallest absolute Gasteiger partial charge is 0.128 e. The Morgan fingerprint density at radius 3 is 2.76 bits per heavy atom. The van der Waals surface area contributed by atoms with E-state index in [0.717, 1.165) is 17.7 Å². The first-order valence-electron chi connectivity index (χ1n) is 5.79. The van der Waals surface area contributed by atoms with E-state index in [9.17, 15) is 0 Å². The molecule has 0 N–H and O–H groups in total. The standard InChI is InChI=1S/C14H18N2O/c1-11-4-5-14(17-9-8-16(2)3)13-10-15-7-6-12(11)13/h4-7,10H,8-9H2,1-3H3. The summed E-state index contributed by atoms with van der Waals surface area (Å²) in [6.45, 7) is 3.71. The van der Waals surface area contributed by atoms with Crippen molar-refractivity contribution in [2.45, 2.75) is 6.92 Å². The first-order valence-corrected chi connectivity index (χ1v) is 5.79. The average molecular weight is 230 g/mol. The van der Waals surface area contributed by atoms with Gasteiger partial charge < -0.3 is 9.64 Å². The summed E-state index contributed by atoms with van der Waals surface area (Å²) in [5.41, 5.74) is 1.25. The molecule has 0 fully saturated rings. The molecule has 1 aromatic heterocycles. The van der Waals surface area contributed by atoms with Gasteiger partial charge in [-0.15, -0.1) is 0 Å². The van der Waals surface area contributed by atoms with Gasteiger partial charge >= 0.3 is 0 Å². The van der Waals surface area contributed by atoms with E-state index < -0.39 is 0 Å². The monoisotopic (exact) mass is 230 g/mol. The molecule has 0 aliphatic heterocycles. The Balaban J connectivity index is 2.26. The number of aromatic nitrogens is 1. The van der Waals surface area contributed by atoms with Crippen LogP contribution in [0.25, 0.3) is 10.8 Å². The molecule has 2 rings (SSSR count). The number of benzene rings is 1. The van der Waals surface area contributed by atoms with E-state index in [0.29, 0.717) is 6.61 Å². The number of likely N-dealkylation sites (N-methyl/N-ethyl adjacent to an activating group) is 1. The second kappa shape index (κ2) is 5.15. The predicted octanol–water partition coefficient (Wildman–Crippen LogP) is 2.48. The third-order valence-electron chi connectivity index (χ3n) is 2.79. The van der Waals surface area contributed by atoms with Crippen molar-refractivity contribution >= 4 is 10.8 Å². The topological polar surface area (TPSA) is 25.4 Å². The molecule has 90 valence electrons. The number of fused-ring (bicyclic) bond motifs is 1. The van der Waals surface area contributed by atoms with Crippen LogP contribution < -0.4 is 4.74 Å². The van der Waals surface area contributed by atoms with Crippen molar-refractivity contribution in [1.29, 1.82) is 0 Å². The first-order chi connectivity index (χ1) is 8.18. The summed E-state index contributed by atoms with van der Waals surface area (Å²) < 4.78 is 5.80. The van der Waals surface area contributed by atoms with Crippen LogP contribution in [0, 0.1) is 6.92 Å². The highest BCUT2D eigenvalue weighted by molar-refractivity contribution is 5.90. The number of pyridine rings is 1. The van der Waals surface area contributed by atoms with Crippen LogP contribution in [0.2, 0.25) is 0 Å². The molecule has 0 radical (unpaired) electrons. The number of hydrogen-bond acceptors (Lipinski definition) is 3. The summed E-state index contributed by atoms with van der Waals surface area (Å²) in [7, 11) is 4.08.